The smallest absolute Gasteiger partial charge is 0.270 e. The Kier molecular flexibility index (Phi) is 5.54. The zero-order valence-electron chi connectivity index (χ0n) is 16.3. The molecule has 3 aromatic rings. The van der Waals surface area contributed by atoms with Crippen molar-refractivity contribution in [1.29, 1.82) is 0 Å². The largest absolute Gasteiger partial charge is 0.378 e. The van der Waals surface area contributed by atoms with Gasteiger partial charge in [-0.15, -0.1) is 5.10 Å². The first-order valence-corrected chi connectivity index (χ1v) is 9.47. The lowest BCUT2D eigenvalue weighted by molar-refractivity contribution is 0.0175. The summed E-state index contributed by atoms with van der Waals surface area (Å²) in [6, 6.07) is 9.24. The van der Waals surface area contributed by atoms with Gasteiger partial charge in [-0.2, -0.15) is 5.10 Å². The van der Waals surface area contributed by atoms with Crippen molar-refractivity contribution in [3.63, 3.8) is 0 Å². The Morgan fingerprint density at radius 1 is 1.03 bits per heavy atom. The molecule has 0 atom stereocenters. The third-order valence-electron chi connectivity index (χ3n) is 4.82. The summed E-state index contributed by atoms with van der Waals surface area (Å²) in [7, 11) is 0. The molecule has 0 aliphatic carbocycles. The van der Waals surface area contributed by atoms with Crippen LogP contribution < -0.4 is 10.2 Å². The summed E-state index contributed by atoms with van der Waals surface area (Å²) in [5, 5.41) is 10.9. The van der Waals surface area contributed by atoms with Crippen molar-refractivity contribution >= 4 is 17.3 Å². The van der Waals surface area contributed by atoms with Crippen molar-refractivity contribution in [2.45, 2.75) is 12.8 Å². The second-order valence-electron chi connectivity index (χ2n) is 7.04. The molecule has 0 unspecified atom stereocenters. The predicted octanol–water partition coefficient (Wildman–Crippen LogP) is 4.37. The van der Waals surface area contributed by atoms with Gasteiger partial charge >= 0.3 is 0 Å². The topological polar surface area (TPSA) is 63.2 Å². The Labute approximate surface area is 171 Å². The molecule has 0 bridgehead atoms. The predicted molar refractivity (Wildman–Crippen MR) is 108 cm³/mol. The van der Waals surface area contributed by atoms with Crippen LogP contribution in [0.15, 0.2) is 48.8 Å². The van der Waals surface area contributed by atoms with Gasteiger partial charge in [0.2, 0.25) is 0 Å². The maximum Gasteiger partial charge on any atom is 0.270 e. The Morgan fingerprint density at radius 2 is 1.77 bits per heavy atom. The molecular weight excluding hydrogens is 395 g/mol. The van der Waals surface area contributed by atoms with Crippen LogP contribution in [0.2, 0.25) is 0 Å². The van der Waals surface area contributed by atoms with Crippen LogP contribution in [0, 0.1) is 5.82 Å². The molecule has 9 heteroatoms. The van der Waals surface area contributed by atoms with E-state index in [1.807, 2.05) is 4.90 Å². The van der Waals surface area contributed by atoms with Crippen molar-refractivity contribution < 1.29 is 17.9 Å². The van der Waals surface area contributed by atoms with Gasteiger partial charge in [-0.05, 0) is 11.6 Å². The van der Waals surface area contributed by atoms with Crippen molar-refractivity contribution in [3.8, 4) is 11.1 Å². The lowest BCUT2D eigenvalue weighted by atomic mass is 10.0. The summed E-state index contributed by atoms with van der Waals surface area (Å²) < 4.78 is 46.5. The number of ether oxygens (including phenoxy) is 1. The average molecular weight is 415 g/mol. The normalized spacial score (nSPS) is 14.6. The second kappa shape index (κ2) is 8.27. The van der Waals surface area contributed by atoms with E-state index in [9.17, 15) is 13.2 Å². The van der Waals surface area contributed by atoms with E-state index < -0.39 is 11.7 Å². The van der Waals surface area contributed by atoms with E-state index in [0.29, 0.717) is 49.1 Å². The molecule has 0 saturated carbocycles. The minimum Gasteiger partial charge on any atom is -0.378 e. The fraction of sp³-hybridized carbons (Fsp3) is 0.286. The minimum absolute atomic E-state index is 0.0684. The number of pyridine rings is 1. The standard InChI is InChI=1S/C21H20F3N5O/c1-21(23,24)16-4-2-14(3-5-16)15-10-19(28-26-12-15)27-18-11-20(25-13-17(18)22)29-6-8-30-9-7-29/h2-5,10-13H,6-9H2,1H3,(H,25,27,28). The number of benzene rings is 1. The zero-order chi connectivity index (χ0) is 21.1. The molecular formula is C21H20F3N5O. The minimum atomic E-state index is -2.90. The van der Waals surface area contributed by atoms with E-state index in [-0.39, 0.29) is 11.3 Å². The highest BCUT2D eigenvalue weighted by Crippen LogP contribution is 2.30. The fourth-order valence-corrected chi connectivity index (χ4v) is 3.17. The van der Waals surface area contributed by atoms with E-state index in [2.05, 4.69) is 20.5 Å². The second-order valence-corrected chi connectivity index (χ2v) is 7.04. The van der Waals surface area contributed by atoms with E-state index in [4.69, 9.17) is 4.74 Å². The molecule has 1 aliphatic heterocycles. The molecule has 1 saturated heterocycles. The highest BCUT2D eigenvalue weighted by molar-refractivity contribution is 5.69. The Morgan fingerprint density at radius 3 is 2.47 bits per heavy atom. The maximum atomic E-state index is 14.3. The summed E-state index contributed by atoms with van der Waals surface area (Å²) in [6.07, 6.45) is 2.68. The number of aromatic nitrogens is 3. The van der Waals surface area contributed by atoms with Crippen molar-refractivity contribution in [3.05, 3.63) is 60.2 Å². The van der Waals surface area contributed by atoms with E-state index >= 15 is 0 Å². The third-order valence-corrected chi connectivity index (χ3v) is 4.82. The molecule has 1 aliphatic rings. The Balaban J connectivity index is 1.56. The first kappa shape index (κ1) is 20.1. The van der Waals surface area contributed by atoms with Gasteiger partial charge in [0.25, 0.3) is 5.92 Å². The maximum absolute atomic E-state index is 14.3. The molecule has 4 rings (SSSR count). The quantitative estimate of drug-likeness (QED) is 0.668. The summed E-state index contributed by atoms with van der Waals surface area (Å²) in [5.41, 5.74) is 1.52. The van der Waals surface area contributed by atoms with Crippen LogP contribution >= 0.6 is 0 Å². The zero-order valence-corrected chi connectivity index (χ0v) is 16.3. The van der Waals surface area contributed by atoms with Crippen LogP contribution in [0.1, 0.15) is 12.5 Å². The van der Waals surface area contributed by atoms with Gasteiger partial charge in [-0.3, -0.25) is 0 Å². The first-order chi connectivity index (χ1) is 14.4. The van der Waals surface area contributed by atoms with Crippen molar-refractivity contribution in [1.82, 2.24) is 15.2 Å². The number of nitrogens with one attached hydrogen (secondary N) is 1. The van der Waals surface area contributed by atoms with Crippen LogP contribution in [-0.4, -0.2) is 41.5 Å². The number of halogens is 3. The summed E-state index contributed by atoms with van der Waals surface area (Å²) in [5.74, 6) is -2.45. The van der Waals surface area contributed by atoms with E-state index in [1.54, 1.807) is 24.3 Å². The van der Waals surface area contributed by atoms with Gasteiger partial charge in [0.15, 0.2) is 11.6 Å². The van der Waals surface area contributed by atoms with Gasteiger partial charge in [-0.1, -0.05) is 24.3 Å². The molecule has 1 N–H and O–H groups in total. The van der Waals surface area contributed by atoms with E-state index in [1.165, 1.54) is 18.3 Å². The van der Waals surface area contributed by atoms with Gasteiger partial charge in [0.1, 0.15) is 5.82 Å². The molecule has 2 aromatic heterocycles. The van der Waals surface area contributed by atoms with Crippen molar-refractivity contribution in [2.24, 2.45) is 0 Å². The summed E-state index contributed by atoms with van der Waals surface area (Å²) in [4.78, 5) is 6.17. The number of nitrogens with zero attached hydrogens (tertiary/aromatic N) is 4. The molecule has 1 fully saturated rings. The van der Waals surface area contributed by atoms with Gasteiger partial charge < -0.3 is 15.0 Å². The van der Waals surface area contributed by atoms with Gasteiger partial charge in [-0.25, -0.2) is 18.2 Å². The molecule has 30 heavy (non-hydrogen) atoms. The molecule has 6 nitrogen and oxygen atoms in total. The SMILES string of the molecule is CC(F)(F)c1ccc(-c2cnnc(Nc3cc(N4CCOCC4)ncc3F)c2)cc1. The molecule has 1 aromatic carbocycles. The highest BCUT2D eigenvalue weighted by Gasteiger charge is 2.23. The molecule has 156 valence electrons. The average Bonchev–Trinajstić information content (AvgIpc) is 2.76. The summed E-state index contributed by atoms with van der Waals surface area (Å²) >= 11 is 0. The summed E-state index contributed by atoms with van der Waals surface area (Å²) in [6.45, 7) is 3.41. The number of anilines is 3. The number of hydrogen-bond donors (Lipinski definition) is 1. The first-order valence-electron chi connectivity index (χ1n) is 9.47. The third kappa shape index (κ3) is 4.51. The van der Waals surface area contributed by atoms with Crippen LogP contribution in [0.4, 0.5) is 30.5 Å². The monoisotopic (exact) mass is 415 g/mol. The molecule has 3 heterocycles. The Hall–Kier alpha value is -3.20. The Bertz CT molecular complexity index is 1020. The number of rotatable bonds is 5. The van der Waals surface area contributed by atoms with Crippen LogP contribution in [0.3, 0.4) is 0 Å². The van der Waals surface area contributed by atoms with E-state index in [0.717, 1.165) is 13.1 Å². The van der Waals surface area contributed by atoms with Gasteiger partial charge in [0.05, 0.1) is 31.3 Å². The molecule has 0 spiro atoms. The number of morpholine rings is 1. The molecule has 0 radical (unpaired) electrons. The van der Waals surface area contributed by atoms with Crippen LogP contribution in [0.5, 0.6) is 0 Å². The lowest BCUT2D eigenvalue weighted by Gasteiger charge is -2.28. The van der Waals surface area contributed by atoms with Crippen molar-refractivity contribution in [2.75, 3.05) is 36.5 Å². The van der Waals surface area contributed by atoms with Crippen LogP contribution in [0.25, 0.3) is 11.1 Å². The fourth-order valence-electron chi connectivity index (χ4n) is 3.17. The number of hydrogen-bond acceptors (Lipinski definition) is 6. The van der Waals surface area contributed by atoms with Gasteiger partial charge in [0, 0.05) is 37.2 Å². The van der Waals surface area contributed by atoms with Crippen LogP contribution in [-0.2, 0) is 10.7 Å². The lowest BCUT2D eigenvalue weighted by Crippen LogP contribution is -2.36. The molecule has 0 amide bonds. The number of alkyl halides is 2. The highest BCUT2D eigenvalue weighted by atomic mass is 19.3.